The van der Waals surface area contributed by atoms with Crippen LogP contribution >= 0.6 is 0 Å². The van der Waals surface area contributed by atoms with Gasteiger partial charge in [0.05, 0.1) is 5.92 Å². The predicted molar refractivity (Wildman–Crippen MR) is 80.6 cm³/mol. The van der Waals surface area contributed by atoms with E-state index in [0.29, 0.717) is 18.9 Å². The van der Waals surface area contributed by atoms with E-state index in [1.165, 1.54) is 5.56 Å². The maximum Gasteiger partial charge on any atom is 0.310 e. The second-order valence-electron chi connectivity index (χ2n) is 5.80. The normalized spacial score (nSPS) is 17.2. The number of pyridine rings is 1. The van der Waals surface area contributed by atoms with E-state index in [1.54, 1.807) is 6.20 Å². The van der Waals surface area contributed by atoms with E-state index in [0.717, 1.165) is 36.5 Å². The highest BCUT2D eigenvalue weighted by Crippen LogP contribution is 2.34. The van der Waals surface area contributed by atoms with Gasteiger partial charge in [0.1, 0.15) is 11.5 Å². The van der Waals surface area contributed by atoms with Gasteiger partial charge in [-0.1, -0.05) is 6.07 Å². The van der Waals surface area contributed by atoms with Crippen molar-refractivity contribution in [2.45, 2.75) is 19.3 Å². The molecule has 0 unspecified atom stereocenters. The molecule has 4 rings (SSSR count). The Morgan fingerprint density at radius 3 is 2.82 bits per heavy atom. The van der Waals surface area contributed by atoms with Gasteiger partial charge < -0.3 is 10.0 Å². The Hall–Kier alpha value is -2.50. The number of carboxylic acids is 1. The van der Waals surface area contributed by atoms with Crippen LogP contribution in [-0.2, 0) is 17.6 Å². The molecule has 0 radical (unpaired) electrons. The first-order valence-corrected chi connectivity index (χ1v) is 7.51. The lowest BCUT2D eigenvalue weighted by molar-refractivity contribution is -0.142. The van der Waals surface area contributed by atoms with E-state index in [9.17, 15) is 4.79 Å². The molecule has 6 nitrogen and oxygen atoms in total. The average Bonchev–Trinajstić information content (AvgIpc) is 2.94. The van der Waals surface area contributed by atoms with E-state index in [2.05, 4.69) is 19.9 Å². The number of hydrogen-bond donors (Lipinski definition) is 1. The third-order valence-corrected chi connectivity index (χ3v) is 4.34. The third-order valence-electron chi connectivity index (χ3n) is 4.34. The van der Waals surface area contributed by atoms with Crippen LogP contribution in [0.3, 0.4) is 0 Å². The molecule has 1 N–H and O–H groups in total. The van der Waals surface area contributed by atoms with Crippen molar-refractivity contribution in [1.29, 1.82) is 0 Å². The van der Waals surface area contributed by atoms with Crippen LogP contribution in [0, 0.1) is 5.92 Å². The van der Waals surface area contributed by atoms with Crippen LogP contribution < -0.4 is 4.90 Å². The Morgan fingerprint density at radius 1 is 1.23 bits per heavy atom. The first kappa shape index (κ1) is 13.2. The molecule has 0 bridgehead atoms. The summed E-state index contributed by atoms with van der Waals surface area (Å²) in [6.45, 7) is 1.06. The number of aromatic nitrogens is 3. The summed E-state index contributed by atoms with van der Waals surface area (Å²) in [5.41, 5.74) is 3.03. The van der Waals surface area contributed by atoms with E-state index >= 15 is 0 Å². The molecule has 0 saturated carbocycles. The summed E-state index contributed by atoms with van der Waals surface area (Å²) in [6.07, 6.45) is 4.75. The molecule has 1 fully saturated rings. The predicted octanol–water partition coefficient (Wildman–Crippen LogP) is 1.55. The van der Waals surface area contributed by atoms with Crippen LogP contribution in [0.5, 0.6) is 0 Å². The molecule has 22 heavy (non-hydrogen) atoms. The summed E-state index contributed by atoms with van der Waals surface area (Å²) in [4.78, 5) is 26.7. The first-order valence-electron chi connectivity index (χ1n) is 7.51. The first-order chi connectivity index (χ1) is 10.7. The molecule has 0 atom stereocenters. The maximum absolute atomic E-state index is 11.0. The number of hydrogen-bond acceptors (Lipinski definition) is 5. The minimum atomic E-state index is -0.730. The van der Waals surface area contributed by atoms with Gasteiger partial charge in [0, 0.05) is 30.5 Å². The number of fused-ring (bicyclic) bond motifs is 1. The zero-order chi connectivity index (χ0) is 15.1. The van der Waals surface area contributed by atoms with Crippen LogP contribution in [0.25, 0.3) is 11.5 Å². The number of rotatable bonds is 3. The monoisotopic (exact) mass is 296 g/mol. The second kappa shape index (κ2) is 5.05. The highest BCUT2D eigenvalue weighted by atomic mass is 16.4. The highest BCUT2D eigenvalue weighted by molar-refractivity contribution is 5.75. The summed E-state index contributed by atoms with van der Waals surface area (Å²) in [5, 5.41) is 9.05. The van der Waals surface area contributed by atoms with E-state index in [-0.39, 0.29) is 5.92 Å². The largest absolute Gasteiger partial charge is 0.481 e. The summed E-state index contributed by atoms with van der Waals surface area (Å²) in [7, 11) is 0. The third kappa shape index (κ3) is 2.11. The highest BCUT2D eigenvalue weighted by Gasteiger charge is 2.36. The van der Waals surface area contributed by atoms with E-state index in [1.807, 2.05) is 18.2 Å². The lowest BCUT2D eigenvalue weighted by Crippen LogP contribution is -2.51. The Bertz CT molecular complexity index is 726. The molecule has 2 aliphatic rings. The Balaban J connectivity index is 1.72. The van der Waals surface area contributed by atoms with Crippen LogP contribution in [0.2, 0.25) is 0 Å². The van der Waals surface area contributed by atoms with Gasteiger partial charge >= 0.3 is 5.97 Å². The SMILES string of the molecule is O=C(O)C1CN(c2nc(-c3ccccn3)nc3c2CCC3)C1. The summed E-state index contributed by atoms with van der Waals surface area (Å²) in [6, 6.07) is 5.68. The van der Waals surface area contributed by atoms with Gasteiger partial charge in [-0.2, -0.15) is 0 Å². The number of carboxylic acid groups (broad SMARTS) is 1. The van der Waals surface area contributed by atoms with E-state index < -0.39 is 5.97 Å². The maximum atomic E-state index is 11.0. The molecule has 0 aromatic carbocycles. The van der Waals surface area contributed by atoms with Crippen molar-refractivity contribution in [2.24, 2.45) is 5.92 Å². The van der Waals surface area contributed by atoms with Crippen molar-refractivity contribution in [2.75, 3.05) is 18.0 Å². The van der Waals surface area contributed by atoms with Crippen LogP contribution in [-0.4, -0.2) is 39.1 Å². The van der Waals surface area contributed by atoms with E-state index in [4.69, 9.17) is 5.11 Å². The van der Waals surface area contributed by atoms with Crippen LogP contribution in [0.1, 0.15) is 17.7 Å². The molecule has 1 saturated heterocycles. The van der Waals surface area contributed by atoms with Gasteiger partial charge in [-0.25, -0.2) is 9.97 Å². The molecule has 112 valence electrons. The topological polar surface area (TPSA) is 79.2 Å². The van der Waals surface area contributed by atoms with Crippen LogP contribution in [0.4, 0.5) is 5.82 Å². The van der Waals surface area contributed by atoms with Gasteiger partial charge in [0.2, 0.25) is 0 Å². The van der Waals surface area contributed by atoms with Crippen molar-refractivity contribution in [1.82, 2.24) is 15.0 Å². The van der Waals surface area contributed by atoms with Gasteiger partial charge in [-0.05, 0) is 31.4 Å². The zero-order valence-electron chi connectivity index (χ0n) is 12.1. The number of nitrogens with zero attached hydrogens (tertiary/aromatic N) is 4. The molecule has 1 aliphatic heterocycles. The number of anilines is 1. The minimum Gasteiger partial charge on any atom is -0.481 e. The smallest absolute Gasteiger partial charge is 0.310 e. The van der Waals surface area contributed by atoms with Crippen LogP contribution in [0.15, 0.2) is 24.4 Å². The lowest BCUT2D eigenvalue weighted by Gasteiger charge is -2.38. The molecule has 6 heteroatoms. The number of carbonyl (C=O) groups is 1. The molecule has 2 aromatic rings. The number of aliphatic carboxylic acids is 1. The molecule has 0 spiro atoms. The van der Waals surface area contributed by atoms with Crippen molar-refractivity contribution in [3.05, 3.63) is 35.7 Å². The fraction of sp³-hybridized carbons (Fsp3) is 0.375. The van der Waals surface area contributed by atoms with Crippen molar-refractivity contribution in [3.63, 3.8) is 0 Å². The van der Waals surface area contributed by atoms with Gasteiger partial charge in [0.25, 0.3) is 0 Å². The zero-order valence-corrected chi connectivity index (χ0v) is 12.1. The summed E-state index contributed by atoms with van der Waals surface area (Å²) in [5.74, 6) is 0.521. The van der Waals surface area contributed by atoms with Gasteiger partial charge in [-0.15, -0.1) is 0 Å². The standard InChI is InChI=1S/C16H16N4O2/c21-16(22)10-8-20(9-10)15-11-4-3-6-12(11)18-14(19-15)13-5-1-2-7-17-13/h1-2,5,7,10H,3-4,6,8-9H2,(H,21,22). The molecular formula is C16H16N4O2. The van der Waals surface area contributed by atoms with Crippen molar-refractivity contribution < 1.29 is 9.90 Å². The Labute approximate surface area is 127 Å². The van der Waals surface area contributed by atoms with Gasteiger partial charge in [0.15, 0.2) is 5.82 Å². The van der Waals surface area contributed by atoms with Gasteiger partial charge in [-0.3, -0.25) is 9.78 Å². The fourth-order valence-electron chi connectivity index (χ4n) is 3.09. The minimum absolute atomic E-state index is 0.287. The Kier molecular flexibility index (Phi) is 3.03. The molecule has 2 aromatic heterocycles. The lowest BCUT2D eigenvalue weighted by atomic mass is 9.99. The Morgan fingerprint density at radius 2 is 2.09 bits per heavy atom. The molecule has 1 aliphatic carbocycles. The van der Waals surface area contributed by atoms with Crippen molar-refractivity contribution in [3.8, 4) is 11.5 Å². The molecular weight excluding hydrogens is 280 g/mol. The van der Waals surface area contributed by atoms with Crippen molar-refractivity contribution >= 4 is 11.8 Å². The summed E-state index contributed by atoms with van der Waals surface area (Å²) < 4.78 is 0. The summed E-state index contributed by atoms with van der Waals surface area (Å²) >= 11 is 0. The molecule has 0 amide bonds. The number of aryl methyl sites for hydroxylation is 1. The average molecular weight is 296 g/mol. The molecule has 3 heterocycles. The quantitative estimate of drug-likeness (QED) is 0.925. The second-order valence-corrected chi connectivity index (χ2v) is 5.80. The fourth-order valence-corrected chi connectivity index (χ4v) is 3.09.